The molecule has 0 atom stereocenters. The Morgan fingerprint density at radius 1 is 1.19 bits per heavy atom. The molecule has 9 heteroatoms. The molecular weight excluding hydrogens is 308 g/mol. The van der Waals surface area contributed by atoms with E-state index in [-0.39, 0.29) is 11.4 Å². The van der Waals surface area contributed by atoms with Gasteiger partial charge in [0.25, 0.3) is 10.0 Å². The lowest BCUT2D eigenvalue weighted by atomic mass is 10.3. The molecule has 0 saturated heterocycles. The lowest BCUT2D eigenvalue weighted by Gasteiger charge is -2.07. The van der Waals surface area contributed by atoms with E-state index in [0.29, 0.717) is 6.07 Å². The van der Waals surface area contributed by atoms with E-state index in [1.54, 1.807) is 0 Å². The number of aryl methyl sites for hydroxylation is 1. The van der Waals surface area contributed by atoms with Crippen molar-refractivity contribution >= 4 is 21.7 Å². The number of carboxylic acids is 1. The monoisotopic (exact) mass is 317 g/mol. The van der Waals surface area contributed by atoms with Crippen molar-refractivity contribution < 1.29 is 31.5 Å². The average Bonchev–Trinajstić information content (AvgIpc) is 2.70. The SMILES string of the molecule is Cc1oc(C(=O)O)cc1S(=O)(=O)Nc1cc(F)cc(F)c1. The number of halogens is 2. The van der Waals surface area contributed by atoms with Gasteiger partial charge in [-0.05, 0) is 19.1 Å². The van der Waals surface area contributed by atoms with E-state index in [4.69, 9.17) is 9.52 Å². The van der Waals surface area contributed by atoms with Gasteiger partial charge in [-0.25, -0.2) is 22.0 Å². The van der Waals surface area contributed by atoms with Crippen molar-refractivity contribution in [1.82, 2.24) is 0 Å². The van der Waals surface area contributed by atoms with E-state index >= 15 is 0 Å². The van der Waals surface area contributed by atoms with Crippen LogP contribution >= 0.6 is 0 Å². The van der Waals surface area contributed by atoms with Gasteiger partial charge in [0, 0.05) is 12.1 Å². The third-order valence-corrected chi connectivity index (χ3v) is 3.98. The van der Waals surface area contributed by atoms with E-state index in [9.17, 15) is 22.0 Å². The largest absolute Gasteiger partial charge is 0.475 e. The molecule has 0 aliphatic rings. The van der Waals surface area contributed by atoms with Crippen molar-refractivity contribution in [2.75, 3.05) is 4.72 Å². The fraction of sp³-hybridized carbons (Fsp3) is 0.0833. The smallest absolute Gasteiger partial charge is 0.371 e. The quantitative estimate of drug-likeness (QED) is 0.902. The molecule has 112 valence electrons. The normalized spacial score (nSPS) is 11.4. The van der Waals surface area contributed by atoms with Crippen molar-refractivity contribution in [2.24, 2.45) is 0 Å². The predicted octanol–water partition coefficient (Wildman–Crippen LogP) is 2.37. The summed E-state index contributed by atoms with van der Waals surface area (Å²) in [6, 6.07) is 2.97. The van der Waals surface area contributed by atoms with Crippen LogP contribution in [0.5, 0.6) is 0 Å². The number of carbonyl (C=O) groups is 1. The molecule has 2 aromatic rings. The lowest BCUT2D eigenvalue weighted by Crippen LogP contribution is -2.13. The Morgan fingerprint density at radius 3 is 2.24 bits per heavy atom. The second-order valence-electron chi connectivity index (χ2n) is 4.10. The molecule has 21 heavy (non-hydrogen) atoms. The molecule has 6 nitrogen and oxygen atoms in total. The van der Waals surface area contributed by atoms with Gasteiger partial charge in [-0.1, -0.05) is 0 Å². The first-order chi connectivity index (χ1) is 9.69. The second-order valence-corrected chi connectivity index (χ2v) is 5.75. The maximum Gasteiger partial charge on any atom is 0.371 e. The Morgan fingerprint density at radius 2 is 1.76 bits per heavy atom. The van der Waals surface area contributed by atoms with E-state index in [1.807, 2.05) is 4.72 Å². The van der Waals surface area contributed by atoms with Gasteiger partial charge in [-0.15, -0.1) is 0 Å². The minimum Gasteiger partial charge on any atom is -0.475 e. The summed E-state index contributed by atoms with van der Waals surface area (Å²) in [5.74, 6) is -4.06. The minimum atomic E-state index is -4.23. The molecule has 2 rings (SSSR count). The molecule has 2 N–H and O–H groups in total. The summed E-state index contributed by atoms with van der Waals surface area (Å²) in [6.45, 7) is 1.26. The van der Waals surface area contributed by atoms with Crippen LogP contribution in [0.3, 0.4) is 0 Å². The van der Waals surface area contributed by atoms with Gasteiger partial charge in [-0.2, -0.15) is 0 Å². The highest BCUT2D eigenvalue weighted by atomic mass is 32.2. The van der Waals surface area contributed by atoms with Gasteiger partial charge < -0.3 is 9.52 Å². The van der Waals surface area contributed by atoms with E-state index < -0.39 is 38.3 Å². The van der Waals surface area contributed by atoms with Crippen LogP contribution in [-0.2, 0) is 10.0 Å². The van der Waals surface area contributed by atoms with Crippen LogP contribution < -0.4 is 4.72 Å². The zero-order valence-electron chi connectivity index (χ0n) is 10.6. The average molecular weight is 317 g/mol. The zero-order valence-corrected chi connectivity index (χ0v) is 11.4. The van der Waals surface area contributed by atoms with Crippen molar-refractivity contribution in [2.45, 2.75) is 11.8 Å². The lowest BCUT2D eigenvalue weighted by molar-refractivity contribution is 0.0661. The maximum absolute atomic E-state index is 13.0. The van der Waals surface area contributed by atoms with Crippen molar-refractivity contribution in [3.63, 3.8) is 0 Å². The number of benzene rings is 1. The molecule has 0 unspecified atom stereocenters. The number of aromatic carboxylic acids is 1. The molecule has 0 aliphatic heterocycles. The zero-order chi connectivity index (χ0) is 15.8. The summed E-state index contributed by atoms with van der Waals surface area (Å²) in [4.78, 5) is 10.3. The number of carboxylic acid groups (broad SMARTS) is 1. The Bertz CT molecular complexity index is 793. The van der Waals surface area contributed by atoms with Gasteiger partial charge in [0.05, 0.1) is 5.69 Å². The molecule has 0 radical (unpaired) electrons. The van der Waals surface area contributed by atoms with Crippen molar-refractivity contribution in [1.29, 1.82) is 0 Å². The van der Waals surface area contributed by atoms with Crippen LogP contribution in [0.1, 0.15) is 16.3 Å². The molecule has 0 spiro atoms. The van der Waals surface area contributed by atoms with E-state index in [0.717, 1.165) is 18.2 Å². The second kappa shape index (κ2) is 5.17. The highest BCUT2D eigenvalue weighted by Crippen LogP contribution is 2.23. The molecule has 1 heterocycles. The number of rotatable bonds is 4. The molecule has 1 aromatic heterocycles. The van der Waals surface area contributed by atoms with Crippen LogP contribution in [0.2, 0.25) is 0 Å². The highest BCUT2D eigenvalue weighted by molar-refractivity contribution is 7.92. The maximum atomic E-state index is 13.0. The molecule has 0 amide bonds. The molecule has 0 bridgehead atoms. The predicted molar refractivity (Wildman–Crippen MR) is 67.6 cm³/mol. The van der Waals surface area contributed by atoms with E-state index in [1.165, 1.54) is 6.92 Å². The third kappa shape index (κ3) is 3.19. The molecular formula is C12H9F2NO5S. The molecule has 0 saturated carbocycles. The van der Waals surface area contributed by atoms with E-state index in [2.05, 4.69) is 0 Å². The minimum absolute atomic E-state index is 0.156. The molecule has 1 aromatic carbocycles. The van der Waals surface area contributed by atoms with Crippen LogP contribution in [-0.4, -0.2) is 19.5 Å². The fourth-order valence-electron chi connectivity index (χ4n) is 1.66. The highest BCUT2D eigenvalue weighted by Gasteiger charge is 2.24. The summed E-state index contributed by atoms with van der Waals surface area (Å²) in [5, 5.41) is 8.74. The number of nitrogens with one attached hydrogen (secondary N) is 1. The van der Waals surface area contributed by atoms with Gasteiger partial charge >= 0.3 is 5.97 Å². The first kappa shape index (κ1) is 15.0. The Kier molecular flexibility index (Phi) is 3.69. The van der Waals surface area contributed by atoms with Crippen LogP contribution in [0, 0.1) is 18.6 Å². The Labute approximate surface area is 118 Å². The number of hydrogen-bond donors (Lipinski definition) is 2. The number of hydrogen-bond acceptors (Lipinski definition) is 4. The van der Waals surface area contributed by atoms with Crippen molar-refractivity contribution in [3.8, 4) is 0 Å². The van der Waals surface area contributed by atoms with Crippen LogP contribution in [0.25, 0.3) is 0 Å². The Hall–Kier alpha value is -2.42. The molecule has 0 fully saturated rings. The first-order valence-electron chi connectivity index (χ1n) is 5.51. The standard InChI is InChI=1S/C12H9F2NO5S/c1-6-11(5-10(20-6)12(16)17)21(18,19)15-9-3-7(13)2-8(14)4-9/h2-5,15H,1H3,(H,16,17). The third-order valence-electron chi connectivity index (χ3n) is 2.49. The molecule has 0 aliphatic carbocycles. The summed E-state index contributed by atoms with van der Waals surface area (Å²) in [5.41, 5.74) is -0.329. The number of sulfonamides is 1. The van der Waals surface area contributed by atoms with Gasteiger partial charge in [-0.3, -0.25) is 4.72 Å². The van der Waals surface area contributed by atoms with Crippen LogP contribution in [0.15, 0.2) is 33.6 Å². The van der Waals surface area contributed by atoms with Gasteiger partial charge in [0.1, 0.15) is 22.3 Å². The van der Waals surface area contributed by atoms with Crippen molar-refractivity contribution in [3.05, 3.63) is 47.4 Å². The topological polar surface area (TPSA) is 96.6 Å². The number of anilines is 1. The summed E-state index contributed by atoms with van der Waals surface area (Å²) >= 11 is 0. The summed E-state index contributed by atoms with van der Waals surface area (Å²) in [7, 11) is -4.23. The Balaban J connectivity index is 2.40. The number of furan rings is 1. The summed E-state index contributed by atoms with van der Waals surface area (Å²) in [6.07, 6.45) is 0. The van der Waals surface area contributed by atoms with Gasteiger partial charge in [0.2, 0.25) is 5.76 Å². The van der Waals surface area contributed by atoms with Crippen LogP contribution in [0.4, 0.5) is 14.5 Å². The van der Waals surface area contributed by atoms with Gasteiger partial charge in [0.15, 0.2) is 0 Å². The summed E-state index contributed by atoms with van der Waals surface area (Å²) < 4.78 is 56.9. The fourth-order valence-corrected chi connectivity index (χ4v) is 2.88. The first-order valence-corrected chi connectivity index (χ1v) is 7.00.